The zero-order valence-electron chi connectivity index (χ0n) is 11.1. The second kappa shape index (κ2) is 3.49. The standard InChI is InChI=1S/C15H22N2/c1-9-13(15(2,3)4)12-10-7-5-6-8-11(10)17-14(12)16-9/h5-9,12-14,16-17H,1-4H3. The third-order valence-corrected chi connectivity index (χ3v) is 4.36. The maximum absolute atomic E-state index is 3.71. The lowest BCUT2D eigenvalue weighted by Gasteiger charge is -2.34. The first kappa shape index (κ1) is 11.1. The Bertz CT molecular complexity index is 433. The van der Waals surface area contributed by atoms with Gasteiger partial charge in [0, 0.05) is 17.6 Å². The van der Waals surface area contributed by atoms with E-state index in [-0.39, 0.29) is 0 Å². The average molecular weight is 230 g/mol. The molecule has 3 rings (SSSR count). The molecule has 0 saturated carbocycles. The first-order valence-corrected chi connectivity index (χ1v) is 6.60. The van der Waals surface area contributed by atoms with Crippen molar-refractivity contribution in [3.05, 3.63) is 29.8 Å². The summed E-state index contributed by atoms with van der Waals surface area (Å²) in [7, 11) is 0. The second-order valence-corrected chi connectivity index (χ2v) is 6.58. The molecule has 0 bridgehead atoms. The summed E-state index contributed by atoms with van der Waals surface area (Å²) in [5.74, 6) is 1.30. The Hall–Kier alpha value is -1.02. The third-order valence-electron chi connectivity index (χ3n) is 4.36. The van der Waals surface area contributed by atoms with Gasteiger partial charge in [-0.25, -0.2) is 0 Å². The van der Waals surface area contributed by atoms with E-state index >= 15 is 0 Å². The number of para-hydroxylation sites is 1. The average Bonchev–Trinajstić information content (AvgIpc) is 2.70. The van der Waals surface area contributed by atoms with Crippen molar-refractivity contribution in [3.8, 4) is 0 Å². The molecule has 17 heavy (non-hydrogen) atoms. The molecule has 1 fully saturated rings. The van der Waals surface area contributed by atoms with Gasteiger partial charge in [0.25, 0.3) is 0 Å². The molecule has 92 valence electrons. The molecule has 1 aromatic carbocycles. The van der Waals surface area contributed by atoms with Gasteiger partial charge in [-0.3, -0.25) is 5.32 Å². The fourth-order valence-corrected chi connectivity index (χ4v) is 3.89. The summed E-state index contributed by atoms with van der Waals surface area (Å²) in [5, 5.41) is 7.33. The summed E-state index contributed by atoms with van der Waals surface area (Å²) < 4.78 is 0. The van der Waals surface area contributed by atoms with Crippen molar-refractivity contribution in [2.75, 3.05) is 5.32 Å². The zero-order valence-corrected chi connectivity index (χ0v) is 11.1. The molecule has 0 aromatic heterocycles. The molecular formula is C15H22N2. The molecule has 2 heteroatoms. The van der Waals surface area contributed by atoms with Crippen LogP contribution >= 0.6 is 0 Å². The molecule has 2 aliphatic rings. The van der Waals surface area contributed by atoms with Gasteiger partial charge in [-0.1, -0.05) is 39.0 Å². The van der Waals surface area contributed by atoms with E-state index in [1.54, 1.807) is 0 Å². The number of anilines is 1. The van der Waals surface area contributed by atoms with Gasteiger partial charge in [-0.2, -0.15) is 0 Å². The molecule has 2 heterocycles. The van der Waals surface area contributed by atoms with Gasteiger partial charge in [-0.05, 0) is 29.9 Å². The van der Waals surface area contributed by atoms with E-state index < -0.39 is 0 Å². The SMILES string of the molecule is CC1NC2Nc3ccccc3C2C1C(C)(C)C. The van der Waals surface area contributed by atoms with Crippen LogP contribution in [0.1, 0.15) is 39.2 Å². The molecule has 0 radical (unpaired) electrons. The number of rotatable bonds is 0. The van der Waals surface area contributed by atoms with Gasteiger partial charge in [0.05, 0.1) is 6.17 Å². The van der Waals surface area contributed by atoms with Crippen molar-refractivity contribution in [1.29, 1.82) is 0 Å². The Morgan fingerprint density at radius 1 is 1.12 bits per heavy atom. The summed E-state index contributed by atoms with van der Waals surface area (Å²) in [4.78, 5) is 0. The van der Waals surface area contributed by atoms with Crippen LogP contribution in [-0.4, -0.2) is 12.2 Å². The number of benzene rings is 1. The van der Waals surface area contributed by atoms with Crippen molar-refractivity contribution in [1.82, 2.24) is 5.32 Å². The highest BCUT2D eigenvalue weighted by molar-refractivity contribution is 5.60. The Balaban J connectivity index is 2.04. The molecule has 1 saturated heterocycles. The molecular weight excluding hydrogens is 208 g/mol. The minimum Gasteiger partial charge on any atom is -0.369 e. The fourth-order valence-electron chi connectivity index (χ4n) is 3.89. The van der Waals surface area contributed by atoms with Crippen LogP contribution in [0, 0.1) is 11.3 Å². The quantitative estimate of drug-likeness (QED) is 0.715. The second-order valence-electron chi connectivity index (χ2n) is 6.58. The highest BCUT2D eigenvalue weighted by Crippen LogP contribution is 2.50. The highest BCUT2D eigenvalue weighted by atomic mass is 15.2. The van der Waals surface area contributed by atoms with Gasteiger partial charge in [0.15, 0.2) is 0 Å². The molecule has 0 aliphatic carbocycles. The van der Waals surface area contributed by atoms with Crippen LogP contribution in [0.15, 0.2) is 24.3 Å². The highest BCUT2D eigenvalue weighted by Gasteiger charge is 2.50. The van der Waals surface area contributed by atoms with Crippen molar-refractivity contribution in [2.45, 2.75) is 45.8 Å². The fraction of sp³-hybridized carbons (Fsp3) is 0.600. The van der Waals surface area contributed by atoms with Crippen LogP contribution in [0.5, 0.6) is 0 Å². The Morgan fingerprint density at radius 2 is 1.82 bits per heavy atom. The summed E-state index contributed by atoms with van der Waals surface area (Å²) in [5.41, 5.74) is 3.15. The van der Waals surface area contributed by atoms with Crippen LogP contribution in [0.4, 0.5) is 5.69 Å². The molecule has 2 N–H and O–H groups in total. The number of hydrogen-bond donors (Lipinski definition) is 2. The van der Waals surface area contributed by atoms with Crippen LogP contribution in [0.3, 0.4) is 0 Å². The molecule has 4 atom stereocenters. The summed E-state index contributed by atoms with van der Waals surface area (Å²) in [6, 6.07) is 9.32. The lowest BCUT2D eigenvalue weighted by molar-refractivity contribution is 0.205. The number of fused-ring (bicyclic) bond motifs is 3. The normalized spacial score (nSPS) is 35.3. The predicted octanol–water partition coefficient (Wildman–Crippen LogP) is 3.18. The first-order chi connectivity index (χ1) is 7.98. The van der Waals surface area contributed by atoms with E-state index in [0.717, 1.165) is 0 Å². The topological polar surface area (TPSA) is 24.1 Å². The summed E-state index contributed by atoms with van der Waals surface area (Å²) in [6.07, 6.45) is 0.423. The monoisotopic (exact) mass is 230 g/mol. The van der Waals surface area contributed by atoms with Crippen molar-refractivity contribution < 1.29 is 0 Å². The van der Waals surface area contributed by atoms with Crippen molar-refractivity contribution >= 4 is 5.69 Å². The minimum absolute atomic E-state index is 0.338. The maximum atomic E-state index is 3.71. The van der Waals surface area contributed by atoms with Gasteiger partial charge in [0.1, 0.15) is 0 Å². The van der Waals surface area contributed by atoms with Crippen LogP contribution in [0.25, 0.3) is 0 Å². The number of hydrogen-bond acceptors (Lipinski definition) is 2. The number of nitrogens with one attached hydrogen (secondary N) is 2. The van der Waals surface area contributed by atoms with E-state index in [0.29, 0.717) is 29.5 Å². The van der Waals surface area contributed by atoms with E-state index in [4.69, 9.17) is 0 Å². The van der Waals surface area contributed by atoms with Gasteiger partial charge in [-0.15, -0.1) is 0 Å². The molecule has 4 unspecified atom stereocenters. The lowest BCUT2D eigenvalue weighted by Crippen LogP contribution is -2.35. The molecule has 2 nitrogen and oxygen atoms in total. The Kier molecular flexibility index (Phi) is 2.27. The van der Waals surface area contributed by atoms with Gasteiger partial charge in [0.2, 0.25) is 0 Å². The first-order valence-electron chi connectivity index (χ1n) is 6.60. The smallest absolute Gasteiger partial charge is 0.0844 e. The molecule has 2 aliphatic heterocycles. The van der Waals surface area contributed by atoms with E-state index in [9.17, 15) is 0 Å². The Labute approximate surface area is 104 Å². The zero-order chi connectivity index (χ0) is 12.2. The van der Waals surface area contributed by atoms with Crippen LogP contribution in [0.2, 0.25) is 0 Å². The molecule has 0 amide bonds. The van der Waals surface area contributed by atoms with Gasteiger partial charge >= 0.3 is 0 Å². The van der Waals surface area contributed by atoms with Crippen molar-refractivity contribution in [3.63, 3.8) is 0 Å². The van der Waals surface area contributed by atoms with E-state index in [2.05, 4.69) is 62.6 Å². The minimum atomic E-state index is 0.338. The van der Waals surface area contributed by atoms with Crippen molar-refractivity contribution in [2.24, 2.45) is 11.3 Å². The summed E-state index contributed by atoms with van der Waals surface area (Å²) in [6.45, 7) is 9.40. The molecule has 0 spiro atoms. The van der Waals surface area contributed by atoms with Gasteiger partial charge < -0.3 is 5.32 Å². The van der Waals surface area contributed by atoms with Crippen LogP contribution in [-0.2, 0) is 0 Å². The molecule has 1 aromatic rings. The van der Waals surface area contributed by atoms with E-state index in [1.807, 2.05) is 0 Å². The lowest BCUT2D eigenvalue weighted by atomic mass is 9.70. The predicted molar refractivity (Wildman–Crippen MR) is 72.1 cm³/mol. The third kappa shape index (κ3) is 1.58. The summed E-state index contributed by atoms with van der Waals surface area (Å²) >= 11 is 0. The van der Waals surface area contributed by atoms with Crippen LogP contribution < -0.4 is 10.6 Å². The largest absolute Gasteiger partial charge is 0.369 e. The van der Waals surface area contributed by atoms with E-state index in [1.165, 1.54) is 11.3 Å². The maximum Gasteiger partial charge on any atom is 0.0844 e. The Morgan fingerprint density at radius 3 is 2.53 bits per heavy atom.